The van der Waals surface area contributed by atoms with Gasteiger partial charge in [0.2, 0.25) is 6.10 Å². The summed E-state index contributed by atoms with van der Waals surface area (Å²) in [6, 6.07) is 13.0. The summed E-state index contributed by atoms with van der Waals surface area (Å²) in [7, 11) is 1.59. The van der Waals surface area contributed by atoms with Gasteiger partial charge >= 0.3 is 5.97 Å². The molecule has 1 heterocycles. The number of para-hydroxylation sites is 2. The van der Waals surface area contributed by atoms with Crippen molar-refractivity contribution in [3.05, 3.63) is 53.6 Å². The highest BCUT2D eigenvalue weighted by Gasteiger charge is 2.28. The molecule has 5 heteroatoms. The number of methoxy groups -OCH3 is 1. The first-order chi connectivity index (χ1) is 11.2. The molecule has 3 rings (SSSR count). The molecule has 0 spiro atoms. The maximum Gasteiger partial charge on any atom is 0.351 e. The van der Waals surface area contributed by atoms with Crippen LogP contribution >= 0.6 is 0 Å². The average Bonchev–Trinajstić information content (AvgIpc) is 2.59. The Morgan fingerprint density at radius 3 is 2.78 bits per heavy atom. The topological polar surface area (TPSA) is 54.0 Å². The summed E-state index contributed by atoms with van der Waals surface area (Å²) in [4.78, 5) is 12.2. The molecule has 0 aromatic heterocycles. The fourth-order valence-electron chi connectivity index (χ4n) is 2.40. The Balaban J connectivity index is 1.64. The van der Waals surface area contributed by atoms with E-state index in [1.165, 1.54) is 0 Å². The van der Waals surface area contributed by atoms with Crippen LogP contribution in [-0.2, 0) is 16.1 Å². The maximum atomic E-state index is 12.2. The van der Waals surface area contributed by atoms with Gasteiger partial charge in [0, 0.05) is 5.56 Å². The van der Waals surface area contributed by atoms with Gasteiger partial charge in [0.05, 0.1) is 7.11 Å². The number of carbonyl (C=O) groups excluding carboxylic acids is 1. The van der Waals surface area contributed by atoms with Crippen molar-refractivity contribution < 1.29 is 23.7 Å². The minimum absolute atomic E-state index is 0.130. The molecule has 0 fully saturated rings. The molecule has 2 aromatic rings. The number of aryl methyl sites for hydroxylation is 1. The van der Waals surface area contributed by atoms with Gasteiger partial charge in [-0.05, 0) is 31.2 Å². The highest BCUT2D eigenvalue weighted by molar-refractivity contribution is 5.76. The van der Waals surface area contributed by atoms with Crippen molar-refractivity contribution >= 4 is 5.97 Å². The van der Waals surface area contributed by atoms with E-state index in [-0.39, 0.29) is 13.2 Å². The van der Waals surface area contributed by atoms with Crippen LogP contribution < -0.4 is 14.2 Å². The first-order valence-electron chi connectivity index (χ1n) is 7.36. The monoisotopic (exact) mass is 314 g/mol. The van der Waals surface area contributed by atoms with E-state index in [2.05, 4.69) is 0 Å². The Bertz CT molecular complexity index is 710. The molecule has 0 amide bonds. The van der Waals surface area contributed by atoms with Crippen molar-refractivity contribution in [3.63, 3.8) is 0 Å². The Morgan fingerprint density at radius 1 is 1.22 bits per heavy atom. The van der Waals surface area contributed by atoms with Gasteiger partial charge in [-0.2, -0.15) is 0 Å². The molecule has 0 N–H and O–H groups in total. The lowest BCUT2D eigenvalue weighted by Gasteiger charge is -2.25. The van der Waals surface area contributed by atoms with Crippen molar-refractivity contribution in [2.45, 2.75) is 19.6 Å². The van der Waals surface area contributed by atoms with Crippen LogP contribution in [0.1, 0.15) is 11.1 Å². The fraction of sp³-hybridized carbons (Fsp3) is 0.278. The third-order valence-corrected chi connectivity index (χ3v) is 3.58. The lowest BCUT2D eigenvalue weighted by molar-refractivity contribution is -0.155. The normalized spacial score (nSPS) is 15.8. The van der Waals surface area contributed by atoms with Gasteiger partial charge in [0.15, 0.2) is 11.5 Å². The van der Waals surface area contributed by atoms with E-state index in [0.717, 1.165) is 11.1 Å². The van der Waals surface area contributed by atoms with Crippen molar-refractivity contribution in [2.24, 2.45) is 0 Å². The van der Waals surface area contributed by atoms with Crippen LogP contribution in [0.5, 0.6) is 17.2 Å². The van der Waals surface area contributed by atoms with E-state index in [1.54, 1.807) is 19.2 Å². The van der Waals surface area contributed by atoms with E-state index >= 15 is 0 Å². The number of rotatable bonds is 4. The minimum atomic E-state index is -0.763. The van der Waals surface area contributed by atoms with Gasteiger partial charge < -0.3 is 18.9 Å². The fourth-order valence-corrected chi connectivity index (χ4v) is 2.40. The van der Waals surface area contributed by atoms with Crippen LogP contribution in [-0.4, -0.2) is 25.8 Å². The van der Waals surface area contributed by atoms with E-state index in [4.69, 9.17) is 18.9 Å². The third-order valence-electron chi connectivity index (χ3n) is 3.58. The number of fused-ring (bicyclic) bond motifs is 1. The van der Waals surface area contributed by atoms with E-state index in [0.29, 0.717) is 17.2 Å². The molecule has 0 radical (unpaired) electrons. The summed E-state index contributed by atoms with van der Waals surface area (Å²) in [6.45, 7) is 2.24. The number of esters is 1. The van der Waals surface area contributed by atoms with E-state index in [9.17, 15) is 4.79 Å². The molecule has 5 nitrogen and oxygen atoms in total. The van der Waals surface area contributed by atoms with Crippen LogP contribution in [0, 0.1) is 6.92 Å². The second-order valence-corrected chi connectivity index (χ2v) is 5.29. The SMILES string of the molecule is COc1ccc(C)cc1COC(=O)[C@@H]1COc2ccccc2O1. The molecule has 0 aliphatic carbocycles. The van der Waals surface area contributed by atoms with Gasteiger partial charge in [-0.15, -0.1) is 0 Å². The molecule has 1 atom stereocenters. The molecule has 0 saturated carbocycles. The van der Waals surface area contributed by atoms with Crippen molar-refractivity contribution in [3.8, 4) is 17.2 Å². The van der Waals surface area contributed by atoms with E-state index in [1.807, 2.05) is 37.3 Å². The molecule has 120 valence electrons. The zero-order chi connectivity index (χ0) is 16.2. The first kappa shape index (κ1) is 15.2. The Hall–Kier alpha value is -2.69. The lowest BCUT2D eigenvalue weighted by atomic mass is 10.1. The van der Waals surface area contributed by atoms with Crippen molar-refractivity contribution in [2.75, 3.05) is 13.7 Å². The number of benzene rings is 2. The van der Waals surface area contributed by atoms with Crippen LogP contribution in [0.4, 0.5) is 0 Å². The Labute approximate surface area is 134 Å². The summed E-state index contributed by atoms with van der Waals surface area (Å²) in [5, 5.41) is 0. The molecule has 1 aliphatic heterocycles. The van der Waals surface area contributed by atoms with Crippen LogP contribution in [0.25, 0.3) is 0 Å². The highest BCUT2D eigenvalue weighted by Crippen LogP contribution is 2.31. The molecule has 23 heavy (non-hydrogen) atoms. The second-order valence-electron chi connectivity index (χ2n) is 5.29. The molecule has 1 aliphatic rings. The van der Waals surface area contributed by atoms with Crippen molar-refractivity contribution in [1.82, 2.24) is 0 Å². The molecular formula is C18H18O5. The minimum Gasteiger partial charge on any atom is -0.496 e. The maximum absolute atomic E-state index is 12.2. The summed E-state index contributed by atoms with van der Waals surface area (Å²) in [6.07, 6.45) is -0.763. The van der Waals surface area contributed by atoms with Crippen LogP contribution in [0.3, 0.4) is 0 Å². The van der Waals surface area contributed by atoms with Gasteiger partial charge in [-0.1, -0.05) is 23.8 Å². The van der Waals surface area contributed by atoms with Gasteiger partial charge in [0.1, 0.15) is 19.0 Å². The molecular weight excluding hydrogens is 296 g/mol. The lowest BCUT2D eigenvalue weighted by Crippen LogP contribution is -2.37. The number of hydrogen-bond acceptors (Lipinski definition) is 5. The zero-order valence-corrected chi connectivity index (χ0v) is 13.1. The summed E-state index contributed by atoms with van der Waals surface area (Å²) in [5.74, 6) is 1.42. The van der Waals surface area contributed by atoms with Crippen molar-refractivity contribution in [1.29, 1.82) is 0 Å². The van der Waals surface area contributed by atoms with Gasteiger partial charge in [-0.25, -0.2) is 4.79 Å². The summed E-state index contributed by atoms with van der Waals surface area (Å²) >= 11 is 0. The predicted molar refractivity (Wildman–Crippen MR) is 83.9 cm³/mol. The molecule has 0 saturated heterocycles. The smallest absolute Gasteiger partial charge is 0.351 e. The number of carbonyl (C=O) groups is 1. The third kappa shape index (κ3) is 3.39. The summed E-state index contributed by atoms with van der Waals surface area (Å²) in [5.41, 5.74) is 1.89. The standard InChI is InChI=1S/C18H18O5/c1-12-7-8-14(20-2)13(9-12)10-22-18(19)17-11-21-15-5-3-4-6-16(15)23-17/h3-9,17H,10-11H2,1-2H3/t17-/m0/s1. The largest absolute Gasteiger partial charge is 0.496 e. The predicted octanol–water partition coefficient (Wildman–Crippen LogP) is 2.89. The average molecular weight is 314 g/mol. The Kier molecular flexibility index (Phi) is 4.37. The van der Waals surface area contributed by atoms with Gasteiger partial charge in [-0.3, -0.25) is 0 Å². The number of ether oxygens (including phenoxy) is 4. The molecule has 0 bridgehead atoms. The molecule has 0 unspecified atom stereocenters. The van der Waals surface area contributed by atoms with E-state index < -0.39 is 12.1 Å². The van der Waals surface area contributed by atoms with Crippen LogP contribution in [0.2, 0.25) is 0 Å². The van der Waals surface area contributed by atoms with Gasteiger partial charge in [0.25, 0.3) is 0 Å². The van der Waals surface area contributed by atoms with Crippen LogP contribution in [0.15, 0.2) is 42.5 Å². The number of hydrogen-bond donors (Lipinski definition) is 0. The zero-order valence-electron chi connectivity index (χ0n) is 13.1. The quantitative estimate of drug-likeness (QED) is 0.812. The highest BCUT2D eigenvalue weighted by atomic mass is 16.6. The first-order valence-corrected chi connectivity index (χ1v) is 7.36. The molecule has 2 aromatic carbocycles. The second kappa shape index (κ2) is 6.60. The summed E-state index contributed by atoms with van der Waals surface area (Å²) < 4.78 is 21.8. The Morgan fingerprint density at radius 2 is 2.00 bits per heavy atom.